The summed E-state index contributed by atoms with van der Waals surface area (Å²) in [6, 6.07) is 3.85. The van der Waals surface area contributed by atoms with Crippen molar-refractivity contribution in [1.82, 2.24) is 0 Å². The fourth-order valence-corrected chi connectivity index (χ4v) is 1.98. The van der Waals surface area contributed by atoms with Gasteiger partial charge in [-0.25, -0.2) is 0 Å². The zero-order chi connectivity index (χ0) is 13.9. The molecule has 0 saturated heterocycles. The average Bonchev–Trinajstić information content (AvgIpc) is 2.25. The highest BCUT2D eigenvalue weighted by Gasteiger charge is 2.23. The van der Waals surface area contributed by atoms with Gasteiger partial charge >= 0.3 is 0 Å². The summed E-state index contributed by atoms with van der Waals surface area (Å²) in [5.41, 5.74) is 1.88. The van der Waals surface area contributed by atoms with Crippen molar-refractivity contribution >= 4 is 5.78 Å². The van der Waals surface area contributed by atoms with E-state index in [0.717, 1.165) is 22.6 Å². The van der Waals surface area contributed by atoms with Crippen LogP contribution in [0.5, 0.6) is 11.5 Å². The van der Waals surface area contributed by atoms with Crippen LogP contribution in [0.4, 0.5) is 0 Å². The minimum Gasteiger partial charge on any atom is -0.497 e. The first-order valence-electron chi connectivity index (χ1n) is 6.04. The van der Waals surface area contributed by atoms with Crippen molar-refractivity contribution in [3.8, 4) is 11.5 Å². The van der Waals surface area contributed by atoms with Crippen LogP contribution in [0.25, 0.3) is 0 Å². The molecule has 3 nitrogen and oxygen atoms in total. The van der Waals surface area contributed by atoms with Gasteiger partial charge in [0.25, 0.3) is 0 Å². The van der Waals surface area contributed by atoms with Gasteiger partial charge in [-0.3, -0.25) is 4.79 Å². The molecule has 3 heteroatoms. The molecule has 18 heavy (non-hydrogen) atoms. The van der Waals surface area contributed by atoms with Crippen LogP contribution in [0.1, 0.15) is 38.8 Å². The van der Waals surface area contributed by atoms with Crippen molar-refractivity contribution in [2.45, 2.75) is 39.5 Å². The number of ether oxygens (including phenoxy) is 2. The molecule has 0 aliphatic heterocycles. The molecule has 0 atom stereocenters. The molecule has 0 aliphatic carbocycles. The Bertz CT molecular complexity index is 442. The van der Waals surface area contributed by atoms with Crippen molar-refractivity contribution in [3.63, 3.8) is 0 Å². The molecule has 100 valence electrons. The largest absolute Gasteiger partial charge is 0.497 e. The normalized spacial score (nSPS) is 11.2. The number of carbonyl (C=O) groups excluding carboxylic acids is 1. The molecule has 0 aliphatic rings. The third-order valence-electron chi connectivity index (χ3n) is 2.83. The molecular weight excluding hydrogens is 228 g/mol. The van der Waals surface area contributed by atoms with Gasteiger partial charge in [-0.05, 0) is 24.5 Å². The van der Waals surface area contributed by atoms with E-state index in [9.17, 15) is 4.79 Å². The lowest BCUT2D eigenvalue weighted by Crippen LogP contribution is -2.15. The topological polar surface area (TPSA) is 35.5 Å². The highest BCUT2D eigenvalue weighted by molar-refractivity contribution is 5.79. The third-order valence-corrected chi connectivity index (χ3v) is 2.83. The minimum absolute atomic E-state index is 0.0641. The first-order chi connectivity index (χ1) is 8.29. The van der Waals surface area contributed by atoms with E-state index in [0.29, 0.717) is 6.42 Å². The lowest BCUT2D eigenvalue weighted by atomic mass is 9.84. The van der Waals surface area contributed by atoms with Gasteiger partial charge in [0.05, 0.1) is 14.2 Å². The van der Waals surface area contributed by atoms with Crippen molar-refractivity contribution in [2.75, 3.05) is 14.2 Å². The van der Waals surface area contributed by atoms with Gasteiger partial charge in [-0.1, -0.05) is 20.8 Å². The summed E-state index contributed by atoms with van der Waals surface area (Å²) < 4.78 is 10.8. The quantitative estimate of drug-likeness (QED) is 0.823. The number of benzene rings is 1. The van der Waals surface area contributed by atoms with Crippen LogP contribution >= 0.6 is 0 Å². The van der Waals surface area contributed by atoms with Crippen molar-refractivity contribution in [3.05, 3.63) is 23.3 Å². The molecule has 0 saturated carbocycles. The predicted octanol–water partition coefficient (Wildman–Crippen LogP) is 3.13. The number of rotatable bonds is 4. The van der Waals surface area contributed by atoms with Gasteiger partial charge in [0.1, 0.15) is 17.3 Å². The van der Waals surface area contributed by atoms with Crippen molar-refractivity contribution in [2.24, 2.45) is 0 Å². The van der Waals surface area contributed by atoms with E-state index in [1.165, 1.54) is 0 Å². The number of hydrogen-bond acceptors (Lipinski definition) is 3. The van der Waals surface area contributed by atoms with E-state index < -0.39 is 0 Å². The number of carbonyl (C=O) groups is 1. The maximum absolute atomic E-state index is 11.3. The summed E-state index contributed by atoms with van der Waals surface area (Å²) in [5, 5.41) is 0. The molecule has 0 unspecified atom stereocenters. The second kappa shape index (κ2) is 5.42. The first-order valence-corrected chi connectivity index (χ1v) is 6.04. The zero-order valence-electron chi connectivity index (χ0n) is 12.1. The molecule has 0 radical (unpaired) electrons. The summed E-state index contributed by atoms with van der Waals surface area (Å²) in [4.78, 5) is 11.3. The van der Waals surface area contributed by atoms with E-state index in [1.54, 1.807) is 21.1 Å². The first kappa shape index (κ1) is 14.6. The number of hydrogen-bond donors (Lipinski definition) is 0. The van der Waals surface area contributed by atoms with Gasteiger partial charge in [-0.15, -0.1) is 0 Å². The Labute approximate surface area is 109 Å². The molecule has 0 heterocycles. The van der Waals surface area contributed by atoms with Crippen LogP contribution in [0.3, 0.4) is 0 Å². The van der Waals surface area contributed by atoms with E-state index >= 15 is 0 Å². The lowest BCUT2D eigenvalue weighted by Gasteiger charge is -2.24. The molecule has 1 aromatic carbocycles. The molecular formula is C15H22O3. The summed E-state index contributed by atoms with van der Waals surface area (Å²) in [6.45, 7) is 7.92. The lowest BCUT2D eigenvalue weighted by molar-refractivity contribution is -0.116. The van der Waals surface area contributed by atoms with Crippen LogP contribution in [0.15, 0.2) is 12.1 Å². The molecule has 0 aromatic heterocycles. The average molecular weight is 250 g/mol. The van der Waals surface area contributed by atoms with E-state index in [2.05, 4.69) is 20.8 Å². The molecule has 0 N–H and O–H groups in total. The maximum atomic E-state index is 11.3. The molecule has 1 rings (SSSR count). The fourth-order valence-electron chi connectivity index (χ4n) is 1.98. The maximum Gasteiger partial charge on any atom is 0.134 e. The highest BCUT2D eigenvalue weighted by atomic mass is 16.5. The van der Waals surface area contributed by atoms with Gasteiger partial charge in [-0.2, -0.15) is 0 Å². The zero-order valence-corrected chi connectivity index (χ0v) is 12.1. The van der Waals surface area contributed by atoms with Crippen LogP contribution < -0.4 is 9.47 Å². The van der Waals surface area contributed by atoms with Gasteiger partial charge in [0.15, 0.2) is 0 Å². The van der Waals surface area contributed by atoms with E-state index in [-0.39, 0.29) is 11.2 Å². The van der Waals surface area contributed by atoms with Crippen LogP contribution in [0.2, 0.25) is 0 Å². The molecule has 1 aromatic rings. The Morgan fingerprint density at radius 2 is 1.78 bits per heavy atom. The fraction of sp³-hybridized carbons (Fsp3) is 0.533. The third kappa shape index (κ3) is 3.25. The number of ketones is 1. The van der Waals surface area contributed by atoms with Crippen molar-refractivity contribution in [1.29, 1.82) is 0 Å². The monoisotopic (exact) mass is 250 g/mol. The summed E-state index contributed by atoms with van der Waals surface area (Å²) >= 11 is 0. The number of Topliss-reactive ketones (excluding diaryl/α,β-unsaturated/α-hetero) is 1. The van der Waals surface area contributed by atoms with Crippen molar-refractivity contribution < 1.29 is 14.3 Å². The summed E-state index contributed by atoms with van der Waals surface area (Å²) in [5.74, 6) is 1.66. The van der Waals surface area contributed by atoms with Crippen LogP contribution in [0, 0.1) is 0 Å². The van der Waals surface area contributed by atoms with Crippen LogP contribution in [-0.4, -0.2) is 20.0 Å². The Morgan fingerprint density at radius 3 is 2.17 bits per heavy atom. The number of methoxy groups -OCH3 is 2. The molecule has 0 amide bonds. The summed E-state index contributed by atoms with van der Waals surface area (Å²) in [6.07, 6.45) is 0.365. The van der Waals surface area contributed by atoms with Gasteiger partial charge < -0.3 is 9.47 Å². The van der Waals surface area contributed by atoms with Gasteiger partial charge in [0.2, 0.25) is 0 Å². The second-order valence-corrected chi connectivity index (χ2v) is 5.50. The Balaban J connectivity index is 3.44. The minimum atomic E-state index is -0.0641. The van der Waals surface area contributed by atoms with E-state index in [1.807, 2.05) is 12.1 Å². The predicted molar refractivity (Wildman–Crippen MR) is 72.6 cm³/mol. The smallest absolute Gasteiger partial charge is 0.134 e. The Kier molecular flexibility index (Phi) is 4.38. The summed E-state index contributed by atoms with van der Waals surface area (Å²) in [7, 11) is 3.27. The highest BCUT2D eigenvalue weighted by Crippen LogP contribution is 2.37. The standard InChI is InChI=1S/C15H22O3/c1-10(16)7-11-8-12(17-5)9-13(14(11)18-6)15(2,3)4/h8-9H,7H2,1-6H3. The Morgan fingerprint density at radius 1 is 1.17 bits per heavy atom. The second-order valence-electron chi connectivity index (χ2n) is 5.50. The Hall–Kier alpha value is -1.51. The SMILES string of the molecule is COc1cc(CC(C)=O)c(OC)c(C(C)(C)C)c1. The van der Waals surface area contributed by atoms with Gasteiger partial charge in [0, 0.05) is 17.5 Å². The molecule has 0 spiro atoms. The van der Waals surface area contributed by atoms with E-state index in [4.69, 9.17) is 9.47 Å². The molecule has 0 bridgehead atoms. The molecule has 0 fully saturated rings. The van der Waals surface area contributed by atoms with Crippen LogP contribution in [-0.2, 0) is 16.6 Å².